The van der Waals surface area contributed by atoms with E-state index in [1.165, 1.54) is 57.9 Å². The van der Waals surface area contributed by atoms with Crippen LogP contribution in [0, 0.1) is 0 Å². The molecule has 0 aliphatic carbocycles. The van der Waals surface area contributed by atoms with E-state index in [0.717, 1.165) is 38.9 Å². The first-order valence-electron chi connectivity index (χ1n) is 15.3. The van der Waals surface area contributed by atoms with E-state index in [1.54, 1.807) is 0 Å². The van der Waals surface area contributed by atoms with Gasteiger partial charge in [0.1, 0.15) is 0 Å². The Kier molecular flexibility index (Phi) is 5.19. The van der Waals surface area contributed by atoms with Crippen LogP contribution in [0.5, 0.6) is 0 Å². The van der Waals surface area contributed by atoms with Crippen molar-refractivity contribution in [2.45, 2.75) is 0 Å². The maximum atomic E-state index is 5.38. The summed E-state index contributed by atoms with van der Waals surface area (Å²) in [5, 5.41) is 12.7. The zero-order chi connectivity index (χ0) is 29.5. The highest BCUT2D eigenvalue weighted by atomic mass is 32.1. The van der Waals surface area contributed by atoms with Crippen LogP contribution in [0.15, 0.2) is 146 Å². The number of benzene rings is 8. The fourth-order valence-corrected chi connectivity index (χ4v) is 8.42. The lowest BCUT2D eigenvalue weighted by molar-refractivity contribution is 1.30. The molecular weight excluding hydrogens is 565 g/mol. The van der Waals surface area contributed by atoms with E-state index in [4.69, 9.17) is 9.97 Å². The molecule has 45 heavy (non-hydrogen) atoms. The molecule has 0 aliphatic heterocycles. The summed E-state index contributed by atoms with van der Waals surface area (Å²) in [5.74, 6) is 0. The number of fused-ring (bicyclic) bond motifs is 13. The Hall–Kier alpha value is -5.64. The largest absolute Gasteiger partial charge is 0.244 e. The maximum Gasteiger partial charge on any atom is 0.0973 e. The van der Waals surface area contributed by atoms with Crippen molar-refractivity contribution >= 4 is 85.6 Å². The minimum atomic E-state index is 0.899. The lowest BCUT2D eigenvalue weighted by Gasteiger charge is -2.14. The summed E-state index contributed by atoms with van der Waals surface area (Å²) in [4.78, 5) is 10.6. The van der Waals surface area contributed by atoms with E-state index in [9.17, 15) is 0 Å². The molecule has 0 spiro atoms. The highest BCUT2D eigenvalue weighted by Gasteiger charge is 2.18. The average molecular weight is 589 g/mol. The first kappa shape index (κ1) is 24.8. The summed E-state index contributed by atoms with van der Waals surface area (Å²) in [5.41, 5.74) is 5.76. The van der Waals surface area contributed by atoms with E-state index < -0.39 is 0 Å². The minimum Gasteiger partial charge on any atom is -0.244 e. The Labute approximate surface area is 262 Å². The monoisotopic (exact) mass is 588 g/mol. The van der Waals surface area contributed by atoms with Gasteiger partial charge >= 0.3 is 0 Å². The molecule has 0 bridgehead atoms. The van der Waals surface area contributed by atoms with Gasteiger partial charge < -0.3 is 0 Å². The number of nitrogens with zero attached hydrogens (tertiary/aromatic N) is 2. The van der Waals surface area contributed by atoms with Crippen LogP contribution in [0.2, 0.25) is 0 Å². The number of rotatable bonds is 2. The molecule has 10 aromatic rings. The molecule has 8 aromatic carbocycles. The Balaban J connectivity index is 1.29. The molecule has 0 saturated heterocycles. The van der Waals surface area contributed by atoms with Crippen molar-refractivity contribution in [3.63, 3.8) is 0 Å². The van der Waals surface area contributed by atoms with E-state index in [-0.39, 0.29) is 0 Å². The van der Waals surface area contributed by atoms with Gasteiger partial charge in [0.25, 0.3) is 0 Å². The van der Waals surface area contributed by atoms with E-state index in [0.29, 0.717) is 0 Å². The smallest absolute Gasteiger partial charge is 0.0973 e. The standard InChI is InChI=1S/C42H24N2S/c1-2-11-26(12-3-1)39-40(44-41-30-13-5-4-10-25(30)20-23-35(41)43-39)28-19-21-29-27(24-28)18-22-34-37(29)31-14-6-7-15-32(31)42-38(34)33-16-8-9-17-36(33)45-42/h1-24H. The maximum absolute atomic E-state index is 5.38. The number of aromatic nitrogens is 2. The third kappa shape index (κ3) is 3.62. The molecule has 2 nitrogen and oxygen atoms in total. The van der Waals surface area contributed by atoms with Crippen LogP contribution in [0.25, 0.3) is 96.8 Å². The molecule has 3 heteroatoms. The second-order valence-corrected chi connectivity index (χ2v) is 12.8. The molecule has 0 radical (unpaired) electrons. The van der Waals surface area contributed by atoms with Gasteiger partial charge in [0.2, 0.25) is 0 Å². The normalized spacial score (nSPS) is 12.0. The predicted molar refractivity (Wildman–Crippen MR) is 193 cm³/mol. The molecule has 0 aliphatic rings. The van der Waals surface area contributed by atoms with Crippen molar-refractivity contribution in [2.24, 2.45) is 0 Å². The molecule has 2 aromatic heterocycles. The average Bonchev–Trinajstić information content (AvgIpc) is 3.51. The number of hydrogen-bond donors (Lipinski definition) is 0. The molecule has 10 rings (SSSR count). The first-order valence-corrected chi connectivity index (χ1v) is 16.1. The molecule has 0 unspecified atom stereocenters. The van der Waals surface area contributed by atoms with E-state index >= 15 is 0 Å². The zero-order valence-electron chi connectivity index (χ0n) is 24.2. The van der Waals surface area contributed by atoms with Crippen LogP contribution in [-0.4, -0.2) is 9.97 Å². The van der Waals surface area contributed by atoms with Crippen LogP contribution in [0.4, 0.5) is 0 Å². The van der Waals surface area contributed by atoms with Gasteiger partial charge in [-0.05, 0) is 50.5 Å². The van der Waals surface area contributed by atoms with Crippen molar-refractivity contribution < 1.29 is 0 Å². The molecular formula is C42H24N2S. The lowest BCUT2D eigenvalue weighted by atomic mass is 9.92. The van der Waals surface area contributed by atoms with Crippen molar-refractivity contribution in [2.75, 3.05) is 0 Å². The first-order chi connectivity index (χ1) is 22.3. The lowest BCUT2D eigenvalue weighted by Crippen LogP contribution is -1.96. The van der Waals surface area contributed by atoms with Crippen LogP contribution in [0.1, 0.15) is 0 Å². The third-order valence-electron chi connectivity index (χ3n) is 9.21. The topological polar surface area (TPSA) is 25.8 Å². The zero-order valence-corrected chi connectivity index (χ0v) is 25.0. The Morgan fingerprint density at radius 1 is 0.400 bits per heavy atom. The van der Waals surface area contributed by atoms with Crippen LogP contribution in [0.3, 0.4) is 0 Å². The summed E-state index contributed by atoms with van der Waals surface area (Å²) < 4.78 is 2.69. The molecule has 0 atom stereocenters. The summed E-state index contributed by atoms with van der Waals surface area (Å²) in [7, 11) is 0. The minimum absolute atomic E-state index is 0.899. The van der Waals surface area contributed by atoms with Crippen molar-refractivity contribution in [1.82, 2.24) is 9.97 Å². The van der Waals surface area contributed by atoms with Gasteiger partial charge in [0, 0.05) is 42.1 Å². The summed E-state index contributed by atoms with van der Waals surface area (Å²) in [6.45, 7) is 0. The van der Waals surface area contributed by atoms with Crippen LogP contribution < -0.4 is 0 Å². The highest BCUT2D eigenvalue weighted by Crippen LogP contribution is 2.46. The fourth-order valence-electron chi connectivity index (χ4n) is 7.17. The summed E-state index contributed by atoms with van der Waals surface area (Å²) in [6, 6.07) is 52.2. The quantitative estimate of drug-likeness (QED) is 0.188. The van der Waals surface area contributed by atoms with E-state index in [2.05, 4.69) is 140 Å². The third-order valence-corrected chi connectivity index (χ3v) is 10.4. The van der Waals surface area contributed by atoms with Crippen molar-refractivity contribution in [3.05, 3.63) is 146 Å². The molecule has 0 amide bonds. The molecule has 0 N–H and O–H groups in total. The molecule has 2 heterocycles. The Morgan fingerprint density at radius 3 is 1.98 bits per heavy atom. The Morgan fingerprint density at radius 2 is 1.09 bits per heavy atom. The van der Waals surface area contributed by atoms with Gasteiger partial charge in [-0.3, -0.25) is 0 Å². The highest BCUT2D eigenvalue weighted by molar-refractivity contribution is 7.27. The molecule has 0 saturated carbocycles. The van der Waals surface area contributed by atoms with Gasteiger partial charge in [-0.1, -0.05) is 127 Å². The number of thiophene rings is 1. The molecule has 0 fully saturated rings. The van der Waals surface area contributed by atoms with E-state index in [1.807, 2.05) is 17.4 Å². The summed E-state index contributed by atoms with van der Waals surface area (Å²) >= 11 is 1.90. The van der Waals surface area contributed by atoms with Crippen molar-refractivity contribution in [3.8, 4) is 22.5 Å². The Bertz CT molecular complexity index is 2810. The van der Waals surface area contributed by atoms with Crippen LogP contribution in [-0.2, 0) is 0 Å². The second-order valence-electron chi connectivity index (χ2n) is 11.7. The van der Waals surface area contributed by atoms with Gasteiger partial charge in [-0.15, -0.1) is 11.3 Å². The second kappa shape index (κ2) is 9.43. The van der Waals surface area contributed by atoms with Gasteiger partial charge in [0.15, 0.2) is 0 Å². The van der Waals surface area contributed by atoms with Crippen molar-refractivity contribution in [1.29, 1.82) is 0 Å². The number of hydrogen-bond acceptors (Lipinski definition) is 3. The van der Waals surface area contributed by atoms with Gasteiger partial charge in [-0.2, -0.15) is 0 Å². The summed E-state index contributed by atoms with van der Waals surface area (Å²) in [6.07, 6.45) is 0. The van der Waals surface area contributed by atoms with Gasteiger partial charge in [-0.25, -0.2) is 9.97 Å². The molecule has 208 valence electrons. The van der Waals surface area contributed by atoms with Gasteiger partial charge in [0.05, 0.1) is 22.4 Å². The van der Waals surface area contributed by atoms with Crippen LogP contribution >= 0.6 is 11.3 Å². The fraction of sp³-hybridized carbons (Fsp3) is 0. The predicted octanol–water partition coefficient (Wildman–Crippen LogP) is 11.9. The SMILES string of the molecule is c1ccc(-c2nc3ccc4ccccc4c3nc2-c2ccc3c(ccc4c3c3ccccc3c3sc5ccccc5c43)c2)cc1.